The Morgan fingerprint density at radius 2 is 2.22 bits per heavy atom. The maximum atomic E-state index is 8.50. The van der Waals surface area contributed by atoms with Gasteiger partial charge in [-0.05, 0) is 19.3 Å². The second kappa shape index (κ2) is 3.15. The van der Waals surface area contributed by atoms with Crippen LogP contribution in [0.25, 0.3) is 0 Å². The van der Waals surface area contributed by atoms with Gasteiger partial charge in [0.25, 0.3) is 0 Å². The number of hydrogen-bond donors (Lipinski definition) is 3. The molecule has 0 heterocycles. The molecule has 0 aromatic carbocycles. The molecule has 9 heavy (non-hydrogen) atoms. The molecule has 0 radical (unpaired) electrons. The Hall–Kier alpha value is -0.120. The fourth-order valence-corrected chi connectivity index (χ4v) is 1.34. The summed E-state index contributed by atoms with van der Waals surface area (Å²) < 4.78 is 0. The second-order valence-corrected chi connectivity index (χ2v) is 2.75. The molecule has 1 fully saturated rings. The minimum Gasteiger partial charge on any atom is -0.328 e. The monoisotopic (exact) mass is 130 g/mol. The summed E-state index contributed by atoms with van der Waals surface area (Å²) in [6, 6.07) is 0.539. The highest BCUT2D eigenvalue weighted by Gasteiger charge is 2.17. The zero-order valence-corrected chi connectivity index (χ0v) is 5.51. The van der Waals surface area contributed by atoms with Crippen LogP contribution in [0.3, 0.4) is 0 Å². The van der Waals surface area contributed by atoms with Crippen molar-refractivity contribution in [1.29, 1.82) is 0 Å². The van der Waals surface area contributed by atoms with Crippen LogP contribution in [0, 0.1) is 0 Å². The van der Waals surface area contributed by atoms with Gasteiger partial charge in [-0.3, -0.25) is 0 Å². The number of nitrogens with two attached hydrogens (primary N) is 1. The predicted molar refractivity (Wildman–Crippen MR) is 35.2 cm³/mol. The number of nitrogens with one attached hydrogen (secondary N) is 1. The fourth-order valence-electron chi connectivity index (χ4n) is 1.34. The van der Waals surface area contributed by atoms with Crippen LogP contribution in [-0.2, 0) is 0 Å². The molecule has 4 N–H and O–H groups in total. The lowest BCUT2D eigenvalue weighted by Crippen LogP contribution is -2.37. The number of hydroxylamine groups is 1. The van der Waals surface area contributed by atoms with Crippen molar-refractivity contribution in [2.75, 3.05) is 0 Å². The zero-order chi connectivity index (χ0) is 6.69. The SMILES string of the molecule is NC1CCCC(NO)C1. The topological polar surface area (TPSA) is 58.3 Å². The molecule has 1 rings (SSSR count). The van der Waals surface area contributed by atoms with E-state index in [0.717, 1.165) is 25.7 Å². The lowest BCUT2D eigenvalue weighted by molar-refractivity contribution is 0.103. The Labute approximate surface area is 55.2 Å². The Morgan fingerprint density at radius 3 is 2.67 bits per heavy atom. The molecule has 0 saturated heterocycles. The van der Waals surface area contributed by atoms with Gasteiger partial charge < -0.3 is 10.9 Å². The molecule has 3 heteroatoms. The summed E-state index contributed by atoms with van der Waals surface area (Å²) in [6.45, 7) is 0. The highest BCUT2D eigenvalue weighted by Crippen LogP contribution is 2.15. The average molecular weight is 130 g/mol. The van der Waals surface area contributed by atoms with Gasteiger partial charge in [-0.1, -0.05) is 6.42 Å². The molecule has 2 unspecified atom stereocenters. The first kappa shape index (κ1) is 6.99. The van der Waals surface area contributed by atoms with E-state index in [1.165, 1.54) is 0 Å². The molecule has 0 bridgehead atoms. The van der Waals surface area contributed by atoms with Gasteiger partial charge in [0.15, 0.2) is 0 Å². The summed E-state index contributed by atoms with van der Waals surface area (Å²) in [4.78, 5) is 0. The third-order valence-electron chi connectivity index (χ3n) is 1.90. The smallest absolute Gasteiger partial charge is 0.0334 e. The van der Waals surface area contributed by atoms with Crippen LogP contribution in [0.5, 0.6) is 0 Å². The van der Waals surface area contributed by atoms with Gasteiger partial charge in [0, 0.05) is 12.1 Å². The maximum absolute atomic E-state index is 8.50. The molecule has 0 aromatic heterocycles. The van der Waals surface area contributed by atoms with Crippen molar-refractivity contribution in [2.24, 2.45) is 5.73 Å². The molecule has 2 atom stereocenters. The van der Waals surface area contributed by atoms with Crippen molar-refractivity contribution in [1.82, 2.24) is 5.48 Å². The summed E-state index contributed by atoms with van der Waals surface area (Å²) in [5.74, 6) is 0. The summed E-state index contributed by atoms with van der Waals surface area (Å²) in [5.41, 5.74) is 7.90. The minimum atomic E-state index is 0.244. The van der Waals surface area contributed by atoms with E-state index in [1.54, 1.807) is 0 Å². The van der Waals surface area contributed by atoms with Crippen molar-refractivity contribution in [2.45, 2.75) is 37.8 Å². The van der Waals surface area contributed by atoms with Gasteiger partial charge in [-0.2, -0.15) is 0 Å². The normalized spacial score (nSPS) is 36.7. The Bertz CT molecular complexity index is 87.1. The fraction of sp³-hybridized carbons (Fsp3) is 1.00. The largest absolute Gasteiger partial charge is 0.328 e. The first-order chi connectivity index (χ1) is 4.33. The van der Waals surface area contributed by atoms with E-state index in [9.17, 15) is 0 Å². The summed E-state index contributed by atoms with van der Waals surface area (Å²) in [6.07, 6.45) is 4.22. The van der Waals surface area contributed by atoms with Crippen LogP contribution >= 0.6 is 0 Å². The highest BCUT2D eigenvalue weighted by molar-refractivity contribution is 4.76. The molecular weight excluding hydrogens is 116 g/mol. The first-order valence-corrected chi connectivity index (χ1v) is 3.48. The first-order valence-electron chi connectivity index (χ1n) is 3.48. The number of rotatable bonds is 1. The van der Waals surface area contributed by atoms with E-state index in [-0.39, 0.29) is 6.04 Å². The molecule has 1 saturated carbocycles. The van der Waals surface area contributed by atoms with Crippen LogP contribution in [0.1, 0.15) is 25.7 Å². The molecule has 0 aliphatic heterocycles. The lowest BCUT2D eigenvalue weighted by atomic mass is 9.92. The van der Waals surface area contributed by atoms with Gasteiger partial charge >= 0.3 is 0 Å². The summed E-state index contributed by atoms with van der Waals surface area (Å²) >= 11 is 0. The zero-order valence-electron chi connectivity index (χ0n) is 5.51. The van der Waals surface area contributed by atoms with Crippen molar-refractivity contribution < 1.29 is 5.21 Å². The standard InChI is InChI=1S/C6H14N2O/c7-5-2-1-3-6(4-5)8-9/h5-6,8-9H,1-4,7H2. The third-order valence-corrected chi connectivity index (χ3v) is 1.90. The van der Waals surface area contributed by atoms with E-state index in [1.807, 2.05) is 0 Å². The van der Waals surface area contributed by atoms with Crippen LogP contribution in [0.4, 0.5) is 0 Å². The Morgan fingerprint density at radius 1 is 1.44 bits per heavy atom. The minimum absolute atomic E-state index is 0.244. The van der Waals surface area contributed by atoms with Crippen LogP contribution in [0.2, 0.25) is 0 Å². The predicted octanol–water partition coefficient (Wildman–Crippen LogP) is 0.235. The Balaban J connectivity index is 2.23. The number of hydrogen-bond acceptors (Lipinski definition) is 3. The van der Waals surface area contributed by atoms with Crippen molar-refractivity contribution in [3.63, 3.8) is 0 Å². The third kappa shape index (κ3) is 1.93. The van der Waals surface area contributed by atoms with E-state index in [2.05, 4.69) is 5.48 Å². The molecule has 1 aliphatic rings. The average Bonchev–Trinajstić information content (AvgIpc) is 1.88. The van der Waals surface area contributed by atoms with E-state index >= 15 is 0 Å². The molecule has 0 amide bonds. The van der Waals surface area contributed by atoms with Crippen LogP contribution < -0.4 is 11.2 Å². The van der Waals surface area contributed by atoms with Gasteiger partial charge in [-0.25, -0.2) is 5.48 Å². The van der Waals surface area contributed by atoms with Crippen LogP contribution in [0.15, 0.2) is 0 Å². The molecular formula is C6H14N2O. The van der Waals surface area contributed by atoms with Crippen molar-refractivity contribution >= 4 is 0 Å². The summed E-state index contributed by atoms with van der Waals surface area (Å²) in [7, 11) is 0. The highest BCUT2D eigenvalue weighted by atomic mass is 16.5. The Kier molecular flexibility index (Phi) is 2.45. The quantitative estimate of drug-likeness (QED) is 0.445. The van der Waals surface area contributed by atoms with Gasteiger partial charge in [0.1, 0.15) is 0 Å². The summed E-state index contributed by atoms with van der Waals surface area (Å²) in [5, 5.41) is 8.50. The molecule has 0 aromatic rings. The van der Waals surface area contributed by atoms with Gasteiger partial charge in [0.05, 0.1) is 0 Å². The van der Waals surface area contributed by atoms with E-state index < -0.39 is 0 Å². The van der Waals surface area contributed by atoms with Crippen molar-refractivity contribution in [3.05, 3.63) is 0 Å². The van der Waals surface area contributed by atoms with Crippen molar-refractivity contribution in [3.8, 4) is 0 Å². The molecule has 3 nitrogen and oxygen atoms in total. The molecule has 0 spiro atoms. The molecule has 1 aliphatic carbocycles. The second-order valence-electron chi connectivity index (χ2n) is 2.75. The van der Waals surface area contributed by atoms with Gasteiger partial charge in [0.2, 0.25) is 0 Å². The van der Waals surface area contributed by atoms with Crippen LogP contribution in [-0.4, -0.2) is 17.3 Å². The van der Waals surface area contributed by atoms with E-state index in [0.29, 0.717) is 6.04 Å². The maximum Gasteiger partial charge on any atom is 0.0334 e. The lowest BCUT2D eigenvalue weighted by Gasteiger charge is -2.24. The van der Waals surface area contributed by atoms with E-state index in [4.69, 9.17) is 10.9 Å². The van der Waals surface area contributed by atoms with Gasteiger partial charge in [-0.15, -0.1) is 0 Å². The molecule has 54 valence electrons.